The molecule has 2 rings (SSSR count). The second-order valence-corrected chi connectivity index (χ2v) is 4.85. The maximum Gasteiger partial charge on any atom is 0.126 e. The molecule has 88 valence electrons. The molecule has 1 heterocycles. The van der Waals surface area contributed by atoms with Crippen molar-refractivity contribution in [3.8, 4) is 0 Å². The summed E-state index contributed by atoms with van der Waals surface area (Å²) >= 11 is 0. The molecule has 0 spiro atoms. The van der Waals surface area contributed by atoms with Crippen LogP contribution in [0.1, 0.15) is 18.9 Å². The first-order chi connectivity index (χ1) is 7.65. The van der Waals surface area contributed by atoms with Crippen molar-refractivity contribution in [2.45, 2.75) is 18.8 Å². The van der Waals surface area contributed by atoms with Crippen LogP contribution in [0.2, 0.25) is 0 Å². The van der Waals surface area contributed by atoms with Gasteiger partial charge in [0.25, 0.3) is 0 Å². The first kappa shape index (κ1) is 11.6. The number of rotatable bonds is 4. The smallest absolute Gasteiger partial charge is 0.126 e. The van der Waals surface area contributed by atoms with Crippen molar-refractivity contribution in [2.24, 2.45) is 11.7 Å². The first-order valence-electron chi connectivity index (χ1n) is 5.68. The van der Waals surface area contributed by atoms with Crippen molar-refractivity contribution in [1.82, 2.24) is 0 Å². The van der Waals surface area contributed by atoms with Gasteiger partial charge in [0.15, 0.2) is 0 Å². The molecule has 0 amide bonds. The minimum Gasteiger partial charge on any atom is -0.381 e. The third-order valence-corrected chi connectivity index (χ3v) is 3.42. The van der Waals surface area contributed by atoms with E-state index >= 15 is 0 Å². The Hall–Kier alpha value is -0.930. The number of halogens is 1. The Kier molecular flexibility index (Phi) is 3.26. The predicted octanol–water partition coefficient (Wildman–Crippen LogP) is 2.08. The molecule has 0 aliphatic carbocycles. The van der Waals surface area contributed by atoms with E-state index in [1.54, 1.807) is 6.07 Å². The molecule has 0 bridgehead atoms. The molecule has 2 N–H and O–H groups in total. The molecule has 16 heavy (non-hydrogen) atoms. The van der Waals surface area contributed by atoms with E-state index in [9.17, 15) is 4.39 Å². The van der Waals surface area contributed by atoms with Gasteiger partial charge in [0.05, 0.1) is 13.2 Å². The normalized spacial score (nSPS) is 20.2. The van der Waals surface area contributed by atoms with E-state index in [1.807, 2.05) is 19.1 Å². The summed E-state index contributed by atoms with van der Waals surface area (Å²) in [5.74, 6) is 0.365. The number of hydrogen-bond donors (Lipinski definition) is 1. The molecule has 1 saturated heterocycles. The zero-order valence-corrected chi connectivity index (χ0v) is 9.58. The lowest BCUT2D eigenvalue weighted by atomic mass is 9.74. The minimum atomic E-state index is -0.278. The highest BCUT2D eigenvalue weighted by Gasteiger charge is 2.33. The predicted molar refractivity (Wildman–Crippen MR) is 61.7 cm³/mol. The number of hydrogen-bond acceptors (Lipinski definition) is 2. The van der Waals surface area contributed by atoms with E-state index < -0.39 is 0 Å². The van der Waals surface area contributed by atoms with Crippen LogP contribution in [0.15, 0.2) is 24.3 Å². The highest BCUT2D eigenvalue weighted by molar-refractivity contribution is 5.27. The highest BCUT2D eigenvalue weighted by atomic mass is 19.1. The van der Waals surface area contributed by atoms with Crippen molar-refractivity contribution >= 4 is 0 Å². The molecule has 1 unspecified atom stereocenters. The van der Waals surface area contributed by atoms with Gasteiger partial charge in [-0.3, -0.25) is 0 Å². The fourth-order valence-electron chi connectivity index (χ4n) is 2.29. The Bertz CT molecular complexity index is 365. The van der Waals surface area contributed by atoms with Crippen LogP contribution in [0.5, 0.6) is 0 Å². The number of ether oxygens (including phenoxy) is 1. The third kappa shape index (κ3) is 2.11. The molecule has 0 radical (unpaired) electrons. The summed E-state index contributed by atoms with van der Waals surface area (Å²) in [4.78, 5) is 0. The monoisotopic (exact) mass is 223 g/mol. The van der Waals surface area contributed by atoms with E-state index in [0.29, 0.717) is 12.5 Å². The topological polar surface area (TPSA) is 35.2 Å². The van der Waals surface area contributed by atoms with Gasteiger partial charge in [-0.1, -0.05) is 25.1 Å². The van der Waals surface area contributed by atoms with Gasteiger partial charge >= 0.3 is 0 Å². The molecule has 1 aliphatic heterocycles. The third-order valence-electron chi connectivity index (χ3n) is 3.42. The van der Waals surface area contributed by atoms with Gasteiger partial charge in [-0.15, -0.1) is 0 Å². The van der Waals surface area contributed by atoms with Crippen LogP contribution >= 0.6 is 0 Å². The summed E-state index contributed by atoms with van der Waals surface area (Å²) < 4.78 is 18.9. The zero-order chi connectivity index (χ0) is 11.6. The van der Waals surface area contributed by atoms with E-state index in [4.69, 9.17) is 10.5 Å². The summed E-state index contributed by atoms with van der Waals surface area (Å²) in [6.45, 7) is 4.06. The van der Waals surface area contributed by atoms with Gasteiger partial charge in [-0.2, -0.15) is 0 Å². The molecule has 0 saturated carbocycles. The van der Waals surface area contributed by atoms with Crippen LogP contribution in [0, 0.1) is 11.7 Å². The zero-order valence-electron chi connectivity index (χ0n) is 9.58. The van der Waals surface area contributed by atoms with Crippen molar-refractivity contribution in [3.05, 3.63) is 35.6 Å². The van der Waals surface area contributed by atoms with E-state index in [0.717, 1.165) is 25.2 Å². The summed E-state index contributed by atoms with van der Waals surface area (Å²) in [5.41, 5.74) is 6.28. The first-order valence-corrected chi connectivity index (χ1v) is 5.68. The second kappa shape index (κ2) is 4.52. The summed E-state index contributed by atoms with van der Waals surface area (Å²) in [6.07, 6.45) is 0.893. The standard InChI is InChI=1S/C13H18FNO/c1-13(9-15,6-10-7-16-8-10)11-4-2-3-5-12(11)14/h2-5,10H,6-9,15H2,1H3. The molecule has 1 aromatic rings. The fourth-order valence-corrected chi connectivity index (χ4v) is 2.29. The van der Waals surface area contributed by atoms with Gasteiger partial charge in [0, 0.05) is 17.9 Å². The SMILES string of the molecule is CC(CN)(CC1COC1)c1ccccc1F. The van der Waals surface area contributed by atoms with Crippen LogP contribution in [0.25, 0.3) is 0 Å². The quantitative estimate of drug-likeness (QED) is 0.848. The Morgan fingerprint density at radius 3 is 2.62 bits per heavy atom. The molecule has 1 fully saturated rings. The Balaban J connectivity index is 2.22. The average Bonchev–Trinajstić information content (AvgIpc) is 2.24. The van der Waals surface area contributed by atoms with Gasteiger partial charge in [0.1, 0.15) is 5.82 Å². The molecular weight excluding hydrogens is 205 g/mol. The minimum absolute atomic E-state index is 0.157. The largest absolute Gasteiger partial charge is 0.381 e. The van der Waals surface area contributed by atoms with Crippen LogP contribution in [0.4, 0.5) is 4.39 Å². The van der Waals surface area contributed by atoms with E-state index in [2.05, 4.69) is 0 Å². The maximum atomic E-state index is 13.8. The van der Waals surface area contributed by atoms with Crippen LogP contribution in [0.3, 0.4) is 0 Å². The van der Waals surface area contributed by atoms with Crippen LogP contribution in [-0.4, -0.2) is 19.8 Å². The van der Waals surface area contributed by atoms with Crippen molar-refractivity contribution in [3.63, 3.8) is 0 Å². The average molecular weight is 223 g/mol. The number of nitrogens with two attached hydrogens (primary N) is 1. The van der Waals surface area contributed by atoms with E-state index in [-0.39, 0.29) is 11.2 Å². The van der Waals surface area contributed by atoms with Gasteiger partial charge in [-0.05, 0) is 18.1 Å². The van der Waals surface area contributed by atoms with Crippen LogP contribution < -0.4 is 5.73 Å². The lowest BCUT2D eigenvalue weighted by Gasteiger charge is -2.36. The van der Waals surface area contributed by atoms with Gasteiger partial charge in [-0.25, -0.2) is 4.39 Å². The molecular formula is C13H18FNO. The van der Waals surface area contributed by atoms with Crippen molar-refractivity contribution in [2.75, 3.05) is 19.8 Å². The molecule has 1 aromatic carbocycles. The van der Waals surface area contributed by atoms with Crippen molar-refractivity contribution in [1.29, 1.82) is 0 Å². The lowest BCUT2D eigenvalue weighted by Crippen LogP contribution is -2.40. The highest BCUT2D eigenvalue weighted by Crippen LogP contribution is 2.34. The molecule has 0 aromatic heterocycles. The summed E-state index contributed by atoms with van der Waals surface area (Å²) in [6, 6.07) is 6.91. The summed E-state index contributed by atoms with van der Waals surface area (Å²) in [5, 5.41) is 0. The Morgan fingerprint density at radius 2 is 2.12 bits per heavy atom. The maximum absolute atomic E-state index is 13.8. The van der Waals surface area contributed by atoms with E-state index in [1.165, 1.54) is 6.07 Å². The number of benzene rings is 1. The molecule has 1 atom stereocenters. The molecule has 3 heteroatoms. The lowest BCUT2D eigenvalue weighted by molar-refractivity contribution is -0.0443. The Morgan fingerprint density at radius 1 is 1.44 bits per heavy atom. The fraction of sp³-hybridized carbons (Fsp3) is 0.538. The molecule has 1 aliphatic rings. The van der Waals surface area contributed by atoms with Gasteiger partial charge < -0.3 is 10.5 Å². The second-order valence-electron chi connectivity index (χ2n) is 4.85. The van der Waals surface area contributed by atoms with Crippen LogP contribution in [-0.2, 0) is 10.2 Å². The summed E-state index contributed by atoms with van der Waals surface area (Å²) in [7, 11) is 0. The molecule has 2 nitrogen and oxygen atoms in total. The van der Waals surface area contributed by atoms with Gasteiger partial charge in [0.2, 0.25) is 0 Å². The Labute approximate surface area is 95.6 Å². The van der Waals surface area contributed by atoms with Crippen molar-refractivity contribution < 1.29 is 9.13 Å².